The number of benzene rings is 2. The monoisotopic (exact) mass is 364 g/mol. The molecule has 2 aromatic carbocycles. The minimum Gasteiger partial charge on any atom is -0.321 e. The van der Waals surface area contributed by atoms with E-state index in [1.165, 1.54) is 30.3 Å². The summed E-state index contributed by atoms with van der Waals surface area (Å²) < 4.78 is 13.9. The van der Waals surface area contributed by atoms with E-state index in [2.05, 4.69) is 5.32 Å². The molecule has 0 aliphatic heterocycles. The van der Waals surface area contributed by atoms with Crippen molar-refractivity contribution < 1.29 is 14.1 Å². The largest absolute Gasteiger partial charge is 0.321 e. The Morgan fingerprint density at radius 2 is 2.08 bits per heavy atom. The molecule has 0 aliphatic rings. The van der Waals surface area contributed by atoms with Crippen molar-refractivity contribution in [3.8, 4) is 0 Å². The molecule has 1 amide bonds. The molecule has 0 radical (unpaired) electrons. The molecular weight excluding hydrogens is 355 g/mol. The lowest BCUT2D eigenvalue weighted by molar-refractivity contribution is -0.385. The van der Waals surface area contributed by atoms with Crippen LogP contribution < -0.4 is 5.32 Å². The van der Waals surface area contributed by atoms with E-state index >= 15 is 0 Å². The van der Waals surface area contributed by atoms with Crippen molar-refractivity contribution in [1.29, 1.82) is 0 Å². The van der Waals surface area contributed by atoms with E-state index in [1.54, 1.807) is 13.0 Å². The Labute approximate surface area is 144 Å². The number of carbonyl (C=O) groups excluding carboxylic acids is 1. The molecule has 122 valence electrons. The third-order valence-electron chi connectivity index (χ3n) is 3.55. The van der Waals surface area contributed by atoms with Gasteiger partial charge < -0.3 is 5.32 Å². The molecule has 0 bridgehead atoms. The van der Waals surface area contributed by atoms with Crippen molar-refractivity contribution >= 4 is 50.3 Å². The van der Waals surface area contributed by atoms with Crippen molar-refractivity contribution in [3.05, 3.63) is 67.8 Å². The fourth-order valence-electron chi connectivity index (χ4n) is 2.32. The first-order valence-corrected chi connectivity index (χ1v) is 8.01. The van der Waals surface area contributed by atoms with Gasteiger partial charge in [0.2, 0.25) is 0 Å². The van der Waals surface area contributed by atoms with Crippen molar-refractivity contribution in [3.63, 3.8) is 0 Å². The van der Waals surface area contributed by atoms with Crippen LogP contribution in [0.5, 0.6) is 0 Å². The lowest BCUT2D eigenvalue weighted by Gasteiger charge is -2.07. The van der Waals surface area contributed by atoms with Crippen LogP contribution in [0.2, 0.25) is 5.02 Å². The first-order chi connectivity index (χ1) is 11.4. The number of nitrogens with zero attached hydrogens (tertiary/aromatic N) is 1. The first kappa shape index (κ1) is 16.4. The highest BCUT2D eigenvalue weighted by Crippen LogP contribution is 2.36. The van der Waals surface area contributed by atoms with E-state index in [1.807, 2.05) is 0 Å². The fourth-order valence-corrected chi connectivity index (χ4v) is 3.76. The highest BCUT2D eigenvalue weighted by molar-refractivity contribution is 7.21. The highest BCUT2D eigenvalue weighted by Gasteiger charge is 2.20. The number of fused-ring (bicyclic) bond motifs is 1. The first-order valence-electron chi connectivity index (χ1n) is 6.81. The van der Waals surface area contributed by atoms with Crippen LogP contribution in [0, 0.1) is 22.9 Å². The molecule has 0 aliphatic carbocycles. The van der Waals surface area contributed by atoms with Crippen molar-refractivity contribution in [2.75, 3.05) is 5.32 Å². The summed E-state index contributed by atoms with van der Waals surface area (Å²) in [6.07, 6.45) is 0. The number of nitrogens with one attached hydrogen (secondary N) is 1. The van der Waals surface area contributed by atoms with Gasteiger partial charge in [0, 0.05) is 16.2 Å². The molecule has 0 fully saturated rings. The second kappa shape index (κ2) is 6.18. The van der Waals surface area contributed by atoms with Gasteiger partial charge in [-0.1, -0.05) is 17.7 Å². The third kappa shape index (κ3) is 2.83. The smallest absolute Gasteiger partial charge is 0.274 e. The summed E-state index contributed by atoms with van der Waals surface area (Å²) in [6.45, 7) is 1.55. The number of carbonyl (C=O) groups is 1. The Kier molecular flexibility index (Phi) is 4.21. The van der Waals surface area contributed by atoms with E-state index in [4.69, 9.17) is 11.6 Å². The molecule has 0 atom stereocenters. The molecule has 1 aromatic heterocycles. The molecule has 1 heterocycles. The van der Waals surface area contributed by atoms with E-state index in [0.29, 0.717) is 21.3 Å². The topological polar surface area (TPSA) is 72.2 Å². The molecule has 3 rings (SSSR count). The highest BCUT2D eigenvalue weighted by atomic mass is 35.5. The zero-order chi connectivity index (χ0) is 17.4. The number of halogens is 2. The maximum atomic E-state index is 13.3. The van der Waals surface area contributed by atoms with Gasteiger partial charge in [0.05, 0.1) is 21.2 Å². The standard InChI is InChI=1S/C16H10ClFN2O3S/c1-8-11(3-2-4-12(8)20(22)23)19-16(21)15-14(17)10-6-5-9(18)7-13(10)24-15/h2-7H,1H3,(H,19,21). The summed E-state index contributed by atoms with van der Waals surface area (Å²) in [6, 6.07) is 8.51. The number of hydrogen-bond acceptors (Lipinski definition) is 4. The number of hydrogen-bond donors (Lipinski definition) is 1. The summed E-state index contributed by atoms with van der Waals surface area (Å²) >= 11 is 7.27. The number of thiophene rings is 1. The number of amides is 1. The molecule has 0 spiro atoms. The van der Waals surface area contributed by atoms with Crippen LogP contribution in [0.1, 0.15) is 15.2 Å². The molecule has 1 N–H and O–H groups in total. The van der Waals surface area contributed by atoms with Crippen LogP contribution in [0.3, 0.4) is 0 Å². The van der Waals surface area contributed by atoms with Crippen LogP contribution in [0.4, 0.5) is 15.8 Å². The minimum atomic E-state index is -0.514. The summed E-state index contributed by atoms with van der Waals surface area (Å²) in [5.41, 5.74) is 0.588. The predicted octanol–water partition coefficient (Wildman–Crippen LogP) is 5.16. The van der Waals surface area contributed by atoms with Gasteiger partial charge >= 0.3 is 0 Å². The van der Waals surface area contributed by atoms with Crippen molar-refractivity contribution in [2.45, 2.75) is 6.92 Å². The molecule has 3 aromatic rings. The number of rotatable bonds is 3. The van der Waals surface area contributed by atoms with Gasteiger partial charge in [-0.05, 0) is 31.2 Å². The van der Waals surface area contributed by atoms with Crippen LogP contribution in [-0.4, -0.2) is 10.8 Å². The fraction of sp³-hybridized carbons (Fsp3) is 0.0625. The van der Waals surface area contributed by atoms with E-state index in [0.717, 1.165) is 11.3 Å². The lowest BCUT2D eigenvalue weighted by atomic mass is 10.1. The molecule has 8 heteroatoms. The van der Waals surface area contributed by atoms with Gasteiger partial charge in [-0.2, -0.15) is 0 Å². The lowest BCUT2D eigenvalue weighted by Crippen LogP contribution is -2.12. The Morgan fingerprint density at radius 1 is 1.33 bits per heavy atom. The second-order valence-electron chi connectivity index (χ2n) is 5.05. The van der Waals surface area contributed by atoms with E-state index < -0.39 is 16.6 Å². The predicted molar refractivity (Wildman–Crippen MR) is 92.6 cm³/mol. The van der Waals surface area contributed by atoms with Crippen LogP contribution in [0.15, 0.2) is 36.4 Å². The average Bonchev–Trinajstić information content (AvgIpc) is 2.85. The quantitative estimate of drug-likeness (QED) is 0.515. The maximum absolute atomic E-state index is 13.3. The molecule has 0 saturated carbocycles. The van der Waals surface area contributed by atoms with Gasteiger partial charge in [0.25, 0.3) is 11.6 Å². The Balaban J connectivity index is 1.98. The normalized spacial score (nSPS) is 10.8. The molecular formula is C16H10ClFN2O3S. The van der Waals surface area contributed by atoms with Gasteiger partial charge in [0.15, 0.2) is 0 Å². The van der Waals surface area contributed by atoms with Crippen LogP contribution in [0.25, 0.3) is 10.1 Å². The summed E-state index contributed by atoms with van der Waals surface area (Å²) in [5.74, 6) is -0.910. The van der Waals surface area contributed by atoms with Crippen molar-refractivity contribution in [1.82, 2.24) is 0 Å². The number of nitro groups is 1. The molecule has 5 nitrogen and oxygen atoms in total. The van der Waals surface area contributed by atoms with E-state index in [9.17, 15) is 19.3 Å². The SMILES string of the molecule is Cc1c(NC(=O)c2sc3cc(F)ccc3c2Cl)cccc1[N+](=O)[O-]. The Morgan fingerprint density at radius 3 is 2.79 bits per heavy atom. The maximum Gasteiger partial charge on any atom is 0.274 e. The second-order valence-corrected chi connectivity index (χ2v) is 6.48. The van der Waals surface area contributed by atoms with Crippen molar-refractivity contribution in [2.24, 2.45) is 0 Å². The van der Waals surface area contributed by atoms with Gasteiger partial charge in [-0.3, -0.25) is 14.9 Å². The Bertz CT molecular complexity index is 987. The van der Waals surface area contributed by atoms with E-state index in [-0.39, 0.29) is 15.6 Å². The third-order valence-corrected chi connectivity index (χ3v) is 5.20. The van der Waals surface area contributed by atoms with Gasteiger partial charge in [-0.15, -0.1) is 11.3 Å². The Hall–Kier alpha value is -2.51. The number of anilines is 1. The zero-order valence-corrected chi connectivity index (χ0v) is 13.9. The number of nitro benzene ring substituents is 1. The van der Waals surface area contributed by atoms with Gasteiger partial charge in [-0.25, -0.2) is 4.39 Å². The molecule has 0 saturated heterocycles. The van der Waals surface area contributed by atoms with Crippen LogP contribution in [-0.2, 0) is 0 Å². The molecule has 24 heavy (non-hydrogen) atoms. The van der Waals surface area contributed by atoms with Gasteiger partial charge in [0.1, 0.15) is 10.7 Å². The average molecular weight is 365 g/mol. The minimum absolute atomic E-state index is 0.0858. The summed E-state index contributed by atoms with van der Waals surface area (Å²) in [7, 11) is 0. The summed E-state index contributed by atoms with van der Waals surface area (Å²) in [5, 5.41) is 14.4. The van der Waals surface area contributed by atoms with Crippen LogP contribution >= 0.6 is 22.9 Å². The zero-order valence-electron chi connectivity index (χ0n) is 12.3. The summed E-state index contributed by atoms with van der Waals surface area (Å²) in [4.78, 5) is 23.2. The molecule has 0 unspecified atom stereocenters.